The number of carbonyl (C=O) groups excluding carboxylic acids is 1. The number of ether oxygens (including phenoxy) is 2. The van der Waals surface area contributed by atoms with E-state index in [-0.39, 0.29) is 17.6 Å². The highest BCUT2D eigenvalue weighted by Crippen LogP contribution is 2.31. The minimum Gasteiger partial charge on any atom is -0.496 e. The maximum absolute atomic E-state index is 12.3. The summed E-state index contributed by atoms with van der Waals surface area (Å²) in [6, 6.07) is 4.71. The van der Waals surface area contributed by atoms with E-state index >= 15 is 0 Å². The van der Waals surface area contributed by atoms with Crippen molar-refractivity contribution in [1.29, 1.82) is 0 Å². The topological polar surface area (TPSA) is 97.8 Å². The zero-order chi connectivity index (χ0) is 18.5. The third-order valence-electron chi connectivity index (χ3n) is 4.17. The fraction of sp³-hybridized carbons (Fsp3) is 0.389. The molecule has 1 atom stereocenters. The summed E-state index contributed by atoms with van der Waals surface area (Å²) in [5.41, 5.74) is 1.00. The number of carboxylic acids is 1. The highest BCUT2D eigenvalue weighted by Gasteiger charge is 2.22. The number of carboxylic acid groups (broad SMARTS) is 1. The van der Waals surface area contributed by atoms with Gasteiger partial charge in [-0.05, 0) is 37.0 Å². The molecular weight excluding hydrogens is 356 g/mol. The van der Waals surface area contributed by atoms with Gasteiger partial charge in [-0.2, -0.15) is 0 Å². The first kappa shape index (κ1) is 18.3. The Bertz CT molecular complexity index is 799. The van der Waals surface area contributed by atoms with Gasteiger partial charge in [-0.1, -0.05) is 6.07 Å². The van der Waals surface area contributed by atoms with Crippen LogP contribution in [0.4, 0.5) is 0 Å². The van der Waals surface area contributed by atoms with Crippen molar-refractivity contribution < 1.29 is 24.2 Å². The molecule has 26 heavy (non-hydrogen) atoms. The molecule has 1 amide bonds. The lowest BCUT2D eigenvalue weighted by atomic mass is 10.1. The largest absolute Gasteiger partial charge is 0.496 e. The number of hydrogen-bond acceptors (Lipinski definition) is 6. The highest BCUT2D eigenvalue weighted by atomic mass is 32.1. The van der Waals surface area contributed by atoms with E-state index < -0.39 is 5.97 Å². The first-order valence-electron chi connectivity index (χ1n) is 8.34. The summed E-state index contributed by atoms with van der Waals surface area (Å²) in [7, 11) is 1.49. The number of amides is 1. The lowest BCUT2D eigenvalue weighted by Crippen LogP contribution is -2.25. The Morgan fingerprint density at radius 3 is 3.00 bits per heavy atom. The molecule has 1 aliphatic rings. The molecule has 8 heteroatoms. The van der Waals surface area contributed by atoms with Crippen LogP contribution in [0.5, 0.6) is 5.75 Å². The van der Waals surface area contributed by atoms with Gasteiger partial charge in [0.15, 0.2) is 0 Å². The lowest BCUT2D eigenvalue weighted by Gasteiger charge is -2.10. The summed E-state index contributed by atoms with van der Waals surface area (Å²) in [5, 5.41) is 12.7. The van der Waals surface area contributed by atoms with Gasteiger partial charge in [0.1, 0.15) is 21.7 Å². The second-order valence-electron chi connectivity index (χ2n) is 5.90. The molecule has 3 rings (SSSR count). The molecule has 0 saturated carbocycles. The summed E-state index contributed by atoms with van der Waals surface area (Å²) in [6.07, 6.45) is 4.10. The smallest absolute Gasteiger partial charge is 0.335 e. The molecule has 2 N–H and O–H groups in total. The highest BCUT2D eigenvalue weighted by molar-refractivity contribution is 7.13. The second-order valence-corrected chi connectivity index (χ2v) is 6.96. The molecule has 0 radical (unpaired) electrons. The van der Waals surface area contributed by atoms with Crippen molar-refractivity contribution in [2.75, 3.05) is 20.3 Å². The number of nitrogens with zero attached hydrogens (tertiary/aromatic N) is 1. The molecule has 1 aliphatic heterocycles. The van der Waals surface area contributed by atoms with Crippen LogP contribution in [0.15, 0.2) is 24.4 Å². The number of carbonyl (C=O) groups is 2. The van der Waals surface area contributed by atoms with Gasteiger partial charge in [-0.15, -0.1) is 11.3 Å². The molecule has 138 valence electrons. The van der Waals surface area contributed by atoms with Crippen LogP contribution in [-0.4, -0.2) is 42.2 Å². The Labute approximate surface area is 155 Å². The monoisotopic (exact) mass is 376 g/mol. The molecule has 1 saturated heterocycles. The van der Waals surface area contributed by atoms with E-state index in [9.17, 15) is 9.59 Å². The van der Waals surface area contributed by atoms with Crippen LogP contribution in [0.25, 0.3) is 0 Å². The van der Waals surface area contributed by atoms with Crippen LogP contribution in [0.1, 0.15) is 49.5 Å². The van der Waals surface area contributed by atoms with Gasteiger partial charge in [0.2, 0.25) is 0 Å². The van der Waals surface area contributed by atoms with Crippen molar-refractivity contribution >= 4 is 23.2 Å². The van der Waals surface area contributed by atoms with E-state index in [1.165, 1.54) is 30.6 Å². The fourth-order valence-corrected chi connectivity index (χ4v) is 3.71. The van der Waals surface area contributed by atoms with Crippen LogP contribution in [0.2, 0.25) is 0 Å². The quantitative estimate of drug-likeness (QED) is 0.771. The van der Waals surface area contributed by atoms with E-state index in [0.717, 1.165) is 30.0 Å². The van der Waals surface area contributed by atoms with Crippen molar-refractivity contribution in [2.24, 2.45) is 0 Å². The van der Waals surface area contributed by atoms with Crippen LogP contribution < -0.4 is 10.1 Å². The van der Waals surface area contributed by atoms with Gasteiger partial charge >= 0.3 is 5.97 Å². The average molecular weight is 376 g/mol. The first-order valence-corrected chi connectivity index (χ1v) is 9.16. The molecule has 1 fully saturated rings. The summed E-state index contributed by atoms with van der Waals surface area (Å²) in [5.74, 6) is -0.680. The molecule has 7 nitrogen and oxygen atoms in total. The third-order valence-corrected chi connectivity index (χ3v) is 5.25. The maximum Gasteiger partial charge on any atom is 0.335 e. The Morgan fingerprint density at radius 2 is 2.31 bits per heavy atom. The van der Waals surface area contributed by atoms with Crippen LogP contribution in [0.3, 0.4) is 0 Å². The van der Waals surface area contributed by atoms with Crippen molar-refractivity contribution in [3.05, 3.63) is 45.4 Å². The van der Waals surface area contributed by atoms with Gasteiger partial charge in [-0.3, -0.25) is 4.79 Å². The van der Waals surface area contributed by atoms with E-state index in [4.69, 9.17) is 14.6 Å². The van der Waals surface area contributed by atoms with Gasteiger partial charge in [0.25, 0.3) is 5.91 Å². The Morgan fingerprint density at radius 1 is 1.46 bits per heavy atom. The number of aromatic carboxylic acids is 1. The molecule has 2 aromatic rings. The zero-order valence-electron chi connectivity index (χ0n) is 14.4. The van der Waals surface area contributed by atoms with Crippen LogP contribution in [0, 0.1) is 0 Å². The molecule has 0 spiro atoms. The standard InChI is InChI=1S/C18H20N2O5S/c1-24-14-9-12(18(22)23)5-4-11(14)6-7-19-16(21)15-10-20-17(26-15)13-3-2-8-25-13/h4-5,9-10,13H,2-3,6-8H2,1H3,(H,19,21)(H,22,23). The number of thiazole rings is 1. The van der Waals surface area contributed by atoms with Gasteiger partial charge < -0.3 is 19.9 Å². The normalized spacial score (nSPS) is 16.4. The summed E-state index contributed by atoms with van der Waals surface area (Å²) in [6.45, 7) is 1.16. The SMILES string of the molecule is COc1cc(C(=O)O)ccc1CCNC(=O)c1cnc(C2CCCO2)s1. The van der Waals surface area contributed by atoms with E-state index in [0.29, 0.717) is 23.6 Å². The predicted molar refractivity (Wildman–Crippen MR) is 96.0 cm³/mol. The molecule has 0 bridgehead atoms. The van der Waals surface area contributed by atoms with E-state index in [1.807, 2.05) is 0 Å². The minimum atomic E-state index is -1.00. The Balaban J connectivity index is 1.56. The lowest BCUT2D eigenvalue weighted by molar-refractivity contribution is 0.0696. The Hall–Kier alpha value is -2.45. The fourth-order valence-electron chi connectivity index (χ4n) is 2.80. The molecule has 1 unspecified atom stereocenters. The van der Waals surface area contributed by atoms with Crippen molar-refractivity contribution in [2.45, 2.75) is 25.4 Å². The Kier molecular flexibility index (Phi) is 5.85. The second kappa shape index (κ2) is 8.29. The maximum atomic E-state index is 12.3. The van der Waals surface area contributed by atoms with Gasteiger partial charge in [-0.25, -0.2) is 9.78 Å². The van der Waals surface area contributed by atoms with Crippen LogP contribution in [-0.2, 0) is 11.2 Å². The summed E-state index contributed by atoms with van der Waals surface area (Å²) >= 11 is 1.36. The zero-order valence-corrected chi connectivity index (χ0v) is 15.2. The molecule has 1 aromatic carbocycles. The number of methoxy groups -OCH3 is 1. The molecular formula is C18H20N2O5S. The predicted octanol–water partition coefficient (Wildman–Crippen LogP) is 2.67. The third kappa shape index (κ3) is 4.20. The van der Waals surface area contributed by atoms with Crippen molar-refractivity contribution in [3.8, 4) is 5.75 Å². The van der Waals surface area contributed by atoms with Crippen molar-refractivity contribution in [1.82, 2.24) is 10.3 Å². The van der Waals surface area contributed by atoms with E-state index in [1.54, 1.807) is 12.3 Å². The van der Waals surface area contributed by atoms with E-state index in [2.05, 4.69) is 10.3 Å². The van der Waals surface area contributed by atoms with Gasteiger partial charge in [0, 0.05) is 13.2 Å². The number of hydrogen-bond donors (Lipinski definition) is 2. The molecule has 2 heterocycles. The minimum absolute atomic E-state index is 0.0126. The average Bonchev–Trinajstić information content (AvgIpc) is 3.33. The van der Waals surface area contributed by atoms with Crippen molar-refractivity contribution in [3.63, 3.8) is 0 Å². The first-order chi connectivity index (χ1) is 12.6. The van der Waals surface area contributed by atoms with Crippen LogP contribution >= 0.6 is 11.3 Å². The summed E-state index contributed by atoms with van der Waals surface area (Å²) in [4.78, 5) is 28.1. The number of benzene rings is 1. The molecule has 1 aromatic heterocycles. The summed E-state index contributed by atoms with van der Waals surface area (Å²) < 4.78 is 10.8. The molecule has 0 aliphatic carbocycles. The van der Waals surface area contributed by atoms with Gasteiger partial charge in [0.05, 0.1) is 18.9 Å². The number of nitrogens with one attached hydrogen (secondary N) is 1. The number of aromatic nitrogens is 1. The number of rotatable bonds is 7.